The highest BCUT2D eigenvalue weighted by Gasteiger charge is 2.32. The largest absolute Gasteiger partial charge is 0.457 e. The van der Waals surface area contributed by atoms with Crippen molar-refractivity contribution in [3.63, 3.8) is 0 Å². The quantitative estimate of drug-likeness (QED) is 0.599. The molecule has 1 heterocycles. The Balaban J connectivity index is 1.46. The van der Waals surface area contributed by atoms with Crippen LogP contribution in [0.15, 0.2) is 72.8 Å². The maximum absolute atomic E-state index is 12.8. The third-order valence-corrected chi connectivity index (χ3v) is 5.22. The van der Waals surface area contributed by atoms with Crippen LogP contribution in [0.1, 0.15) is 36.7 Å². The molecule has 0 unspecified atom stereocenters. The number of para-hydroxylation sites is 1. The first-order valence-electron chi connectivity index (χ1n) is 10.4. The normalized spacial score (nSPS) is 12.9. The van der Waals surface area contributed by atoms with Crippen LogP contribution in [0, 0.1) is 5.41 Å². The van der Waals surface area contributed by atoms with Crippen molar-refractivity contribution in [2.45, 2.75) is 27.2 Å². The highest BCUT2D eigenvalue weighted by atomic mass is 16.5. The summed E-state index contributed by atoms with van der Waals surface area (Å²) in [5.41, 5.74) is 2.75. The Kier molecular flexibility index (Phi) is 5.51. The summed E-state index contributed by atoms with van der Waals surface area (Å²) in [6, 6.07) is 22.3. The molecule has 1 aliphatic heterocycles. The van der Waals surface area contributed by atoms with Crippen LogP contribution in [-0.2, 0) is 11.2 Å². The molecule has 0 fully saturated rings. The molecule has 1 N–H and O–H groups in total. The fraction of sp³-hybridized carbons (Fsp3) is 0.231. The summed E-state index contributed by atoms with van der Waals surface area (Å²) in [4.78, 5) is 27.3. The van der Waals surface area contributed by atoms with Crippen molar-refractivity contribution in [1.82, 2.24) is 0 Å². The molecule has 0 saturated heterocycles. The molecule has 3 aromatic carbocycles. The fourth-order valence-corrected chi connectivity index (χ4v) is 3.58. The second-order valence-electron chi connectivity index (χ2n) is 8.69. The van der Waals surface area contributed by atoms with E-state index in [-0.39, 0.29) is 11.8 Å². The average Bonchev–Trinajstić information content (AvgIpc) is 3.17. The van der Waals surface area contributed by atoms with E-state index in [2.05, 4.69) is 5.32 Å². The number of rotatable bonds is 4. The SMILES string of the molecule is CC(C)(C)C(=O)N1CCc2ccc(NC(=O)c3ccc(Oc4ccccc4)cc3)cc21. The number of carbonyl (C=O) groups excluding carboxylic acids is 2. The molecule has 1 aliphatic rings. The second-order valence-corrected chi connectivity index (χ2v) is 8.69. The maximum atomic E-state index is 12.8. The lowest BCUT2D eigenvalue weighted by molar-refractivity contribution is -0.125. The average molecular weight is 415 g/mol. The Bertz CT molecular complexity index is 1100. The van der Waals surface area contributed by atoms with Crippen LogP contribution < -0.4 is 15.0 Å². The van der Waals surface area contributed by atoms with Crippen molar-refractivity contribution in [3.05, 3.63) is 83.9 Å². The number of anilines is 2. The molecule has 158 valence electrons. The van der Waals surface area contributed by atoms with Crippen molar-refractivity contribution < 1.29 is 14.3 Å². The van der Waals surface area contributed by atoms with E-state index in [0.29, 0.717) is 23.5 Å². The molecule has 0 spiro atoms. The minimum Gasteiger partial charge on any atom is -0.457 e. The van der Waals surface area contributed by atoms with Crippen molar-refractivity contribution >= 4 is 23.2 Å². The Labute approximate surface area is 182 Å². The molecule has 4 rings (SSSR count). The predicted molar refractivity (Wildman–Crippen MR) is 123 cm³/mol. The number of hydrogen-bond acceptors (Lipinski definition) is 3. The number of nitrogens with zero attached hydrogens (tertiary/aromatic N) is 1. The van der Waals surface area contributed by atoms with E-state index in [9.17, 15) is 9.59 Å². The van der Waals surface area contributed by atoms with Gasteiger partial charge in [0.05, 0.1) is 0 Å². The molecule has 3 aromatic rings. The van der Waals surface area contributed by atoms with Crippen LogP contribution in [0.2, 0.25) is 0 Å². The zero-order chi connectivity index (χ0) is 22.0. The van der Waals surface area contributed by atoms with Crippen LogP contribution in [0.5, 0.6) is 11.5 Å². The number of amides is 2. The number of ether oxygens (including phenoxy) is 1. The summed E-state index contributed by atoms with van der Waals surface area (Å²) in [5.74, 6) is 1.28. The molecule has 5 nitrogen and oxygen atoms in total. The first-order valence-corrected chi connectivity index (χ1v) is 10.4. The number of benzene rings is 3. The van der Waals surface area contributed by atoms with E-state index >= 15 is 0 Å². The van der Waals surface area contributed by atoms with Gasteiger partial charge in [-0.25, -0.2) is 0 Å². The van der Waals surface area contributed by atoms with Crippen molar-refractivity contribution in [2.24, 2.45) is 5.41 Å². The van der Waals surface area contributed by atoms with Gasteiger partial charge in [-0.2, -0.15) is 0 Å². The fourth-order valence-electron chi connectivity index (χ4n) is 3.58. The monoisotopic (exact) mass is 414 g/mol. The van der Waals surface area contributed by atoms with Gasteiger partial charge in [0.25, 0.3) is 5.91 Å². The standard InChI is InChI=1S/C26H26N2O3/c1-26(2,3)25(30)28-16-15-18-9-12-20(17-23(18)28)27-24(29)19-10-13-22(14-11-19)31-21-7-5-4-6-8-21/h4-14,17H,15-16H2,1-3H3,(H,27,29). The third kappa shape index (κ3) is 4.61. The van der Waals surface area contributed by atoms with E-state index in [0.717, 1.165) is 23.4 Å². The number of fused-ring (bicyclic) bond motifs is 1. The molecule has 0 atom stereocenters. The van der Waals surface area contributed by atoms with Crippen LogP contribution >= 0.6 is 0 Å². The molecular weight excluding hydrogens is 388 g/mol. The Morgan fingerprint density at radius 2 is 1.58 bits per heavy atom. The molecule has 0 aliphatic carbocycles. The van der Waals surface area contributed by atoms with E-state index in [1.165, 1.54) is 0 Å². The summed E-state index contributed by atoms with van der Waals surface area (Å²) in [6.07, 6.45) is 0.828. The highest BCUT2D eigenvalue weighted by molar-refractivity contribution is 6.05. The van der Waals surface area contributed by atoms with Gasteiger partial charge in [-0.05, 0) is 60.5 Å². The minimum absolute atomic E-state index is 0.0868. The van der Waals surface area contributed by atoms with Gasteiger partial charge in [-0.3, -0.25) is 9.59 Å². The summed E-state index contributed by atoms with van der Waals surface area (Å²) in [6.45, 7) is 6.43. The summed E-state index contributed by atoms with van der Waals surface area (Å²) >= 11 is 0. The van der Waals surface area contributed by atoms with E-state index in [4.69, 9.17) is 4.74 Å². The van der Waals surface area contributed by atoms with Gasteiger partial charge in [0.1, 0.15) is 11.5 Å². The van der Waals surface area contributed by atoms with Gasteiger partial charge >= 0.3 is 0 Å². The minimum atomic E-state index is -0.454. The van der Waals surface area contributed by atoms with Gasteiger partial charge in [0.2, 0.25) is 5.91 Å². The van der Waals surface area contributed by atoms with Crippen LogP contribution in [0.25, 0.3) is 0 Å². The van der Waals surface area contributed by atoms with Crippen molar-refractivity contribution in [1.29, 1.82) is 0 Å². The summed E-state index contributed by atoms with van der Waals surface area (Å²) in [7, 11) is 0. The van der Waals surface area contributed by atoms with Gasteiger partial charge < -0.3 is 15.0 Å². The predicted octanol–water partition coefficient (Wildman–Crippen LogP) is 5.67. The molecule has 5 heteroatoms. The summed E-state index contributed by atoms with van der Waals surface area (Å²) in [5, 5.41) is 2.94. The molecule has 0 bridgehead atoms. The molecule has 2 amide bonds. The lowest BCUT2D eigenvalue weighted by Crippen LogP contribution is -2.38. The van der Waals surface area contributed by atoms with E-state index in [1.807, 2.05) is 74.2 Å². The van der Waals surface area contributed by atoms with Crippen LogP contribution in [-0.4, -0.2) is 18.4 Å². The lowest BCUT2D eigenvalue weighted by atomic mass is 9.94. The van der Waals surface area contributed by atoms with Gasteiger partial charge in [0.15, 0.2) is 0 Å². The van der Waals surface area contributed by atoms with Crippen LogP contribution in [0.4, 0.5) is 11.4 Å². The van der Waals surface area contributed by atoms with E-state index in [1.54, 1.807) is 24.3 Å². The van der Waals surface area contributed by atoms with Gasteiger partial charge in [-0.1, -0.05) is 45.0 Å². The zero-order valence-corrected chi connectivity index (χ0v) is 18.0. The lowest BCUT2D eigenvalue weighted by Gasteiger charge is -2.26. The number of carbonyl (C=O) groups is 2. The van der Waals surface area contributed by atoms with Crippen LogP contribution in [0.3, 0.4) is 0 Å². The smallest absolute Gasteiger partial charge is 0.255 e. The van der Waals surface area contributed by atoms with Gasteiger partial charge in [0, 0.05) is 28.9 Å². The second kappa shape index (κ2) is 8.26. The van der Waals surface area contributed by atoms with Crippen molar-refractivity contribution in [3.8, 4) is 11.5 Å². The number of nitrogens with one attached hydrogen (secondary N) is 1. The first kappa shape index (κ1) is 20.7. The molecule has 0 saturated carbocycles. The van der Waals surface area contributed by atoms with E-state index < -0.39 is 5.41 Å². The Morgan fingerprint density at radius 1 is 0.903 bits per heavy atom. The molecular formula is C26H26N2O3. The zero-order valence-electron chi connectivity index (χ0n) is 18.0. The first-order chi connectivity index (χ1) is 14.8. The molecule has 0 aromatic heterocycles. The molecule has 0 radical (unpaired) electrons. The maximum Gasteiger partial charge on any atom is 0.255 e. The topological polar surface area (TPSA) is 58.6 Å². The van der Waals surface area contributed by atoms with Gasteiger partial charge in [-0.15, -0.1) is 0 Å². The third-order valence-electron chi connectivity index (χ3n) is 5.22. The molecule has 31 heavy (non-hydrogen) atoms. The number of hydrogen-bond donors (Lipinski definition) is 1. The Hall–Kier alpha value is -3.60. The Morgan fingerprint density at radius 3 is 2.26 bits per heavy atom. The summed E-state index contributed by atoms with van der Waals surface area (Å²) < 4.78 is 5.77. The van der Waals surface area contributed by atoms with Crippen molar-refractivity contribution in [2.75, 3.05) is 16.8 Å². The highest BCUT2D eigenvalue weighted by Crippen LogP contribution is 2.34.